The molecule has 1 heteroatoms. The van der Waals surface area contributed by atoms with E-state index in [1.165, 1.54) is 25.9 Å². The third-order valence-electron chi connectivity index (χ3n) is 3.36. The van der Waals surface area contributed by atoms with Crippen molar-refractivity contribution < 1.29 is 0 Å². The van der Waals surface area contributed by atoms with Gasteiger partial charge in [0.25, 0.3) is 0 Å². The molecule has 72 valence electrons. The molecular formula is C11H23N. The van der Waals surface area contributed by atoms with Crippen LogP contribution in [0.1, 0.15) is 40.5 Å². The summed E-state index contributed by atoms with van der Waals surface area (Å²) in [5.41, 5.74) is 0. The Labute approximate surface area is 77.1 Å². The van der Waals surface area contributed by atoms with E-state index in [1.54, 1.807) is 0 Å². The Kier molecular flexibility index (Phi) is 3.57. The Hall–Kier alpha value is -0.0400. The minimum absolute atomic E-state index is 0.775. The molecule has 0 saturated carbocycles. The average Bonchev–Trinajstić information content (AvgIpc) is 2.04. The van der Waals surface area contributed by atoms with E-state index in [9.17, 15) is 0 Å². The fraction of sp³-hybridized carbons (Fsp3) is 1.00. The van der Waals surface area contributed by atoms with Crippen LogP contribution in [0.15, 0.2) is 0 Å². The van der Waals surface area contributed by atoms with Crippen LogP contribution in [-0.4, -0.2) is 24.0 Å². The zero-order valence-electron chi connectivity index (χ0n) is 9.01. The number of piperidine rings is 1. The standard InChI is InChI=1S/C11H23N/c1-9(2)11(4)12-7-5-10(3)6-8-12/h9-11H,5-8H2,1-4H3. The summed E-state index contributed by atoms with van der Waals surface area (Å²) < 4.78 is 0. The maximum atomic E-state index is 2.64. The van der Waals surface area contributed by atoms with Crippen LogP contribution < -0.4 is 0 Å². The SMILES string of the molecule is CC1CCN(C(C)C(C)C)CC1. The fourth-order valence-electron chi connectivity index (χ4n) is 1.86. The molecule has 0 spiro atoms. The van der Waals surface area contributed by atoms with E-state index in [0.717, 1.165) is 17.9 Å². The first-order chi connectivity index (χ1) is 5.61. The minimum atomic E-state index is 0.775. The molecule has 1 saturated heterocycles. The highest BCUT2D eigenvalue weighted by Gasteiger charge is 2.21. The fourth-order valence-corrected chi connectivity index (χ4v) is 1.86. The Morgan fingerprint density at radius 1 is 1.08 bits per heavy atom. The zero-order chi connectivity index (χ0) is 9.14. The van der Waals surface area contributed by atoms with Crippen molar-refractivity contribution >= 4 is 0 Å². The second-order valence-corrected chi connectivity index (χ2v) is 4.70. The molecule has 1 aliphatic heterocycles. The first-order valence-corrected chi connectivity index (χ1v) is 5.35. The zero-order valence-corrected chi connectivity index (χ0v) is 9.01. The van der Waals surface area contributed by atoms with Crippen molar-refractivity contribution in [2.75, 3.05) is 13.1 Å². The van der Waals surface area contributed by atoms with Gasteiger partial charge >= 0.3 is 0 Å². The predicted molar refractivity (Wildman–Crippen MR) is 54.3 cm³/mol. The maximum absolute atomic E-state index is 2.64. The van der Waals surface area contributed by atoms with Crippen molar-refractivity contribution in [3.63, 3.8) is 0 Å². The Bertz CT molecular complexity index is 123. The second-order valence-electron chi connectivity index (χ2n) is 4.70. The van der Waals surface area contributed by atoms with Gasteiger partial charge in [-0.3, -0.25) is 0 Å². The Balaban J connectivity index is 2.34. The summed E-state index contributed by atoms with van der Waals surface area (Å²) in [7, 11) is 0. The highest BCUT2D eigenvalue weighted by molar-refractivity contribution is 4.75. The molecule has 0 aromatic heterocycles. The Morgan fingerprint density at radius 3 is 2.00 bits per heavy atom. The van der Waals surface area contributed by atoms with Crippen LogP contribution >= 0.6 is 0 Å². The molecule has 0 radical (unpaired) electrons. The lowest BCUT2D eigenvalue weighted by molar-refractivity contribution is 0.119. The highest BCUT2D eigenvalue weighted by atomic mass is 15.2. The van der Waals surface area contributed by atoms with Gasteiger partial charge in [-0.2, -0.15) is 0 Å². The van der Waals surface area contributed by atoms with Crippen LogP contribution in [-0.2, 0) is 0 Å². The molecule has 1 heterocycles. The van der Waals surface area contributed by atoms with Crippen LogP contribution in [0.4, 0.5) is 0 Å². The molecule has 1 aliphatic rings. The molecule has 0 aliphatic carbocycles. The van der Waals surface area contributed by atoms with E-state index in [2.05, 4.69) is 32.6 Å². The van der Waals surface area contributed by atoms with Gasteiger partial charge in [-0.15, -0.1) is 0 Å². The summed E-state index contributed by atoms with van der Waals surface area (Å²) in [6.07, 6.45) is 2.80. The third kappa shape index (κ3) is 2.48. The molecule has 0 N–H and O–H groups in total. The second kappa shape index (κ2) is 4.27. The van der Waals surface area contributed by atoms with E-state index >= 15 is 0 Å². The smallest absolute Gasteiger partial charge is 0.00899 e. The largest absolute Gasteiger partial charge is 0.300 e. The van der Waals surface area contributed by atoms with Crippen LogP contribution in [0.2, 0.25) is 0 Å². The van der Waals surface area contributed by atoms with Gasteiger partial charge in [-0.25, -0.2) is 0 Å². The summed E-state index contributed by atoms with van der Waals surface area (Å²) >= 11 is 0. The molecule has 0 aromatic rings. The summed E-state index contributed by atoms with van der Waals surface area (Å²) in [5, 5.41) is 0. The first-order valence-electron chi connectivity index (χ1n) is 5.35. The van der Waals surface area contributed by atoms with E-state index in [1.807, 2.05) is 0 Å². The number of hydrogen-bond donors (Lipinski definition) is 0. The molecule has 1 fully saturated rings. The summed E-state index contributed by atoms with van der Waals surface area (Å²) in [4.78, 5) is 2.64. The first kappa shape index (κ1) is 10.0. The summed E-state index contributed by atoms with van der Waals surface area (Å²) in [6, 6.07) is 0.775. The number of rotatable bonds is 2. The molecular weight excluding hydrogens is 146 g/mol. The monoisotopic (exact) mass is 169 g/mol. The lowest BCUT2D eigenvalue weighted by Gasteiger charge is -2.36. The van der Waals surface area contributed by atoms with Gasteiger partial charge in [-0.1, -0.05) is 20.8 Å². The van der Waals surface area contributed by atoms with Crippen LogP contribution in [0.3, 0.4) is 0 Å². The topological polar surface area (TPSA) is 3.24 Å². The van der Waals surface area contributed by atoms with Crippen LogP contribution in [0, 0.1) is 11.8 Å². The molecule has 0 aromatic carbocycles. The number of hydrogen-bond acceptors (Lipinski definition) is 1. The Morgan fingerprint density at radius 2 is 1.58 bits per heavy atom. The molecule has 12 heavy (non-hydrogen) atoms. The average molecular weight is 169 g/mol. The number of likely N-dealkylation sites (tertiary alicyclic amines) is 1. The van der Waals surface area contributed by atoms with Gasteiger partial charge < -0.3 is 4.90 Å². The van der Waals surface area contributed by atoms with Crippen molar-refractivity contribution in [1.29, 1.82) is 0 Å². The van der Waals surface area contributed by atoms with Crippen molar-refractivity contribution in [3.8, 4) is 0 Å². The van der Waals surface area contributed by atoms with Gasteiger partial charge in [0.1, 0.15) is 0 Å². The maximum Gasteiger partial charge on any atom is 0.00899 e. The van der Waals surface area contributed by atoms with E-state index in [-0.39, 0.29) is 0 Å². The van der Waals surface area contributed by atoms with Crippen molar-refractivity contribution in [2.45, 2.75) is 46.6 Å². The van der Waals surface area contributed by atoms with Gasteiger partial charge in [-0.05, 0) is 44.7 Å². The lowest BCUT2D eigenvalue weighted by Crippen LogP contribution is -2.41. The molecule has 1 atom stereocenters. The van der Waals surface area contributed by atoms with Gasteiger partial charge in [0.2, 0.25) is 0 Å². The molecule has 1 nitrogen and oxygen atoms in total. The lowest BCUT2D eigenvalue weighted by atomic mass is 9.95. The van der Waals surface area contributed by atoms with Crippen molar-refractivity contribution in [2.24, 2.45) is 11.8 Å². The van der Waals surface area contributed by atoms with Gasteiger partial charge in [0, 0.05) is 6.04 Å². The van der Waals surface area contributed by atoms with Gasteiger partial charge in [0.05, 0.1) is 0 Å². The van der Waals surface area contributed by atoms with Crippen LogP contribution in [0.25, 0.3) is 0 Å². The van der Waals surface area contributed by atoms with Crippen molar-refractivity contribution in [3.05, 3.63) is 0 Å². The molecule has 0 bridgehead atoms. The molecule has 1 unspecified atom stereocenters. The third-order valence-corrected chi connectivity index (χ3v) is 3.36. The van der Waals surface area contributed by atoms with Gasteiger partial charge in [0.15, 0.2) is 0 Å². The van der Waals surface area contributed by atoms with E-state index in [0.29, 0.717) is 0 Å². The van der Waals surface area contributed by atoms with Crippen LogP contribution in [0.5, 0.6) is 0 Å². The quantitative estimate of drug-likeness (QED) is 0.614. The molecule has 0 amide bonds. The summed E-state index contributed by atoms with van der Waals surface area (Å²) in [6.45, 7) is 12.0. The predicted octanol–water partition coefficient (Wildman–Crippen LogP) is 2.76. The van der Waals surface area contributed by atoms with Crippen molar-refractivity contribution in [1.82, 2.24) is 4.90 Å². The highest BCUT2D eigenvalue weighted by Crippen LogP contribution is 2.20. The summed E-state index contributed by atoms with van der Waals surface area (Å²) in [5.74, 6) is 1.76. The molecule has 1 rings (SSSR count). The minimum Gasteiger partial charge on any atom is -0.300 e. The van der Waals surface area contributed by atoms with E-state index in [4.69, 9.17) is 0 Å². The number of nitrogens with zero attached hydrogens (tertiary/aromatic N) is 1. The van der Waals surface area contributed by atoms with E-state index < -0.39 is 0 Å². The normalized spacial score (nSPS) is 24.8.